The molecule has 0 saturated heterocycles. The zero-order chi connectivity index (χ0) is 25.9. The van der Waals surface area contributed by atoms with Crippen LogP contribution in [-0.2, 0) is 14.6 Å². The summed E-state index contributed by atoms with van der Waals surface area (Å²) in [5, 5.41) is 0. The molecular weight excluding hydrogens is 456 g/mol. The summed E-state index contributed by atoms with van der Waals surface area (Å²) in [5.74, 6) is 0.240. The highest BCUT2D eigenvalue weighted by atomic mass is 32.3. The van der Waals surface area contributed by atoms with Crippen LogP contribution in [0.1, 0.15) is 181 Å². The van der Waals surface area contributed by atoms with Gasteiger partial charge in [-0.15, -0.1) is 0 Å². The van der Waals surface area contributed by atoms with Gasteiger partial charge < -0.3 is 0 Å². The fourth-order valence-electron chi connectivity index (χ4n) is 5.04. The van der Waals surface area contributed by atoms with E-state index in [4.69, 9.17) is 8.74 Å². The smallest absolute Gasteiger partial charge is 0.264 e. The van der Waals surface area contributed by atoms with Crippen molar-refractivity contribution >= 4 is 10.4 Å². The van der Waals surface area contributed by atoms with E-state index in [1.165, 1.54) is 141 Å². The van der Waals surface area contributed by atoms with Crippen LogP contribution in [-0.4, -0.2) is 19.6 Å². The molecule has 0 rings (SSSR count). The van der Waals surface area contributed by atoms with Crippen LogP contribution in [0.4, 0.5) is 0 Å². The Morgan fingerprint density at radius 1 is 0.486 bits per heavy atom. The normalized spacial score (nSPS) is 12.9. The molecule has 0 aromatic carbocycles. The summed E-state index contributed by atoms with van der Waals surface area (Å²) in [6.07, 6.45) is 34.0. The van der Waals surface area contributed by atoms with Gasteiger partial charge in [0, 0.05) is 0 Å². The Hall–Kier alpha value is -0.130. The van der Waals surface area contributed by atoms with E-state index in [2.05, 4.69) is 13.8 Å². The highest BCUT2D eigenvalue weighted by Gasteiger charge is 2.13. The lowest BCUT2D eigenvalue weighted by Gasteiger charge is -2.16. The molecule has 0 aliphatic carbocycles. The first-order valence-electron chi connectivity index (χ1n) is 15.6. The Labute approximate surface area is 220 Å². The first-order chi connectivity index (χ1) is 17.0. The second-order valence-corrected chi connectivity index (χ2v) is 12.0. The Morgan fingerprint density at radius 2 is 0.743 bits per heavy atom. The van der Waals surface area contributed by atoms with E-state index in [9.17, 15) is 8.42 Å². The predicted octanol–water partition coefficient (Wildman–Crippen LogP) is 10.6. The SMILES string of the molecule is CCCCCCCCCCCCCCCCCCC(CCCCCCCCCC)COS(=O)(=O)O. The molecule has 0 aromatic heterocycles. The summed E-state index contributed by atoms with van der Waals surface area (Å²) in [7, 11) is -4.33. The number of rotatable bonds is 29. The van der Waals surface area contributed by atoms with E-state index < -0.39 is 10.4 Å². The summed E-state index contributed by atoms with van der Waals surface area (Å²) < 4.78 is 35.7. The third-order valence-electron chi connectivity index (χ3n) is 7.38. The van der Waals surface area contributed by atoms with Crippen molar-refractivity contribution in [1.29, 1.82) is 0 Å². The lowest BCUT2D eigenvalue weighted by atomic mass is 9.94. The van der Waals surface area contributed by atoms with Gasteiger partial charge in [0.15, 0.2) is 0 Å². The molecule has 0 radical (unpaired) electrons. The van der Waals surface area contributed by atoms with Crippen molar-refractivity contribution in [3.8, 4) is 0 Å². The van der Waals surface area contributed by atoms with Crippen molar-refractivity contribution in [2.75, 3.05) is 6.61 Å². The molecule has 212 valence electrons. The van der Waals surface area contributed by atoms with E-state index in [1.54, 1.807) is 0 Å². The van der Waals surface area contributed by atoms with E-state index in [0.29, 0.717) is 0 Å². The van der Waals surface area contributed by atoms with Crippen LogP contribution >= 0.6 is 0 Å². The first-order valence-corrected chi connectivity index (χ1v) is 17.0. The van der Waals surface area contributed by atoms with Crippen LogP contribution in [0.5, 0.6) is 0 Å². The molecule has 0 bridgehead atoms. The lowest BCUT2D eigenvalue weighted by Crippen LogP contribution is -2.14. The van der Waals surface area contributed by atoms with Gasteiger partial charge in [0.2, 0.25) is 0 Å². The molecular formula is C30H62O4S. The fourth-order valence-corrected chi connectivity index (χ4v) is 5.41. The Morgan fingerprint density at radius 3 is 1.00 bits per heavy atom. The van der Waals surface area contributed by atoms with Crippen molar-refractivity contribution in [3.63, 3.8) is 0 Å². The quantitative estimate of drug-likeness (QED) is 0.0790. The molecule has 0 amide bonds. The van der Waals surface area contributed by atoms with Crippen LogP contribution in [0.3, 0.4) is 0 Å². The molecule has 1 atom stereocenters. The Bertz CT molecular complexity index is 506. The maximum atomic E-state index is 11.0. The molecule has 0 aliphatic heterocycles. The second kappa shape index (κ2) is 26.9. The summed E-state index contributed by atoms with van der Waals surface area (Å²) in [6, 6.07) is 0. The van der Waals surface area contributed by atoms with Gasteiger partial charge in [-0.05, 0) is 18.8 Å². The van der Waals surface area contributed by atoms with Crippen LogP contribution in [0, 0.1) is 5.92 Å². The monoisotopic (exact) mass is 518 g/mol. The van der Waals surface area contributed by atoms with Crippen LogP contribution in [0.25, 0.3) is 0 Å². The molecule has 0 aliphatic rings. The van der Waals surface area contributed by atoms with Gasteiger partial charge in [0.25, 0.3) is 0 Å². The summed E-state index contributed by atoms with van der Waals surface area (Å²) in [4.78, 5) is 0. The minimum atomic E-state index is -4.33. The Balaban J connectivity index is 3.65. The van der Waals surface area contributed by atoms with E-state index >= 15 is 0 Å². The Kier molecular flexibility index (Phi) is 26.8. The molecule has 1 N–H and O–H groups in total. The third kappa shape index (κ3) is 30.0. The first kappa shape index (κ1) is 34.9. The maximum absolute atomic E-state index is 11.0. The zero-order valence-corrected chi connectivity index (χ0v) is 24.6. The minimum Gasteiger partial charge on any atom is -0.264 e. The van der Waals surface area contributed by atoms with Gasteiger partial charge >= 0.3 is 10.4 Å². The highest BCUT2D eigenvalue weighted by Crippen LogP contribution is 2.21. The highest BCUT2D eigenvalue weighted by molar-refractivity contribution is 7.80. The van der Waals surface area contributed by atoms with Gasteiger partial charge in [0.05, 0.1) is 6.61 Å². The molecule has 5 heteroatoms. The van der Waals surface area contributed by atoms with Crippen molar-refractivity contribution in [2.24, 2.45) is 5.92 Å². The zero-order valence-electron chi connectivity index (χ0n) is 23.7. The van der Waals surface area contributed by atoms with Gasteiger partial charge in [-0.25, -0.2) is 4.18 Å². The topological polar surface area (TPSA) is 63.6 Å². The molecule has 1 unspecified atom stereocenters. The van der Waals surface area contributed by atoms with Crippen LogP contribution in [0.15, 0.2) is 0 Å². The summed E-state index contributed by atoms with van der Waals surface area (Å²) in [5.41, 5.74) is 0. The summed E-state index contributed by atoms with van der Waals surface area (Å²) >= 11 is 0. The molecule has 0 aromatic rings. The second-order valence-electron chi connectivity index (χ2n) is 10.9. The maximum Gasteiger partial charge on any atom is 0.397 e. The van der Waals surface area contributed by atoms with Gasteiger partial charge in [-0.2, -0.15) is 8.42 Å². The van der Waals surface area contributed by atoms with E-state index in [-0.39, 0.29) is 12.5 Å². The van der Waals surface area contributed by atoms with E-state index in [0.717, 1.165) is 25.7 Å². The number of hydrogen-bond donors (Lipinski definition) is 1. The molecule has 0 spiro atoms. The average molecular weight is 519 g/mol. The molecule has 0 heterocycles. The van der Waals surface area contributed by atoms with Gasteiger partial charge in [0.1, 0.15) is 0 Å². The fraction of sp³-hybridized carbons (Fsp3) is 1.00. The van der Waals surface area contributed by atoms with Gasteiger partial charge in [-0.1, -0.05) is 168 Å². The average Bonchev–Trinajstić information content (AvgIpc) is 2.82. The number of unbranched alkanes of at least 4 members (excludes halogenated alkanes) is 22. The van der Waals surface area contributed by atoms with Crippen molar-refractivity contribution < 1.29 is 17.2 Å². The molecule has 0 fully saturated rings. The number of hydrogen-bond acceptors (Lipinski definition) is 3. The van der Waals surface area contributed by atoms with Crippen molar-refractivity contribution in [1.82, 2.24) is 0 Å². The largest absolute Gasteiger partial charge is 0.397 e. The van der Waals surface area contributed by atoms with Crippen LogP contribution in [0.2, 0.25) is 0 Å². The molecule has 0 saturated carbocycles. The van der Waals surface area contributed by atoms with Crippen molar-refractivity contribution in [2.45, 2.75) is 181 Å². The van der Waals surface area contributed by atoms with Gasteiger partial charge in [-0.3, -0.25) is 4.55 Å². The third-order valence-corrected chi connectivity index (χ3v) is 7.82. The van der Waals surface area contributed by atoms with Crippen molar-refractivity contribution in [3.05, 3.63) is 0 Å². The van der Waals surface area contributed by atoms with E-state index in [1.807, 2.05) is 0 Å². The lowest BCUT2D eigenvalue weighted by molar-refractivity contribution is 0.204. The minimum absolute atomic E-state index is 0.133. The molecule has 35 heavy (non-hydrogen) atoms. The predicted molar refractivity (Wildman–Crippen MR) is 152 cm³/mol. The van der Waals surface area contributed by atoms with Crippen LogP contribution < -0.4 is 0 Å². The molecule has 4 nitrogen and oxygen atoms in total. The summed E-state index contributed by atoms with van der Waals surface area (Å²) in [6.45, 7) is 4.66. The standard InChI is InChI=1S/C30H62O4S/c1-3-5-7-9-11-13-14-15-16-17-18-19-20-22-24-26-28-30(29-34-35(31,32)33)27-25-23-21-12-10-8-6-4-2/h30H,3-29H2,1-2H3,(H,31,32,33).